The van der Waals surface area contributed by atoms with Crippen molar-refractivity contribution in [2.45, 2.75) is 25.0 Å². The molecular formula is C17H19N3O4S. The molecule has 0 atom stereocenters. The van der Waals surface area contributed by atoms with E-state index >= 15 is 0 Å². The molecule has 7 nitrogen and oxygen atoms in total. The molecule has 8 heteroatoms. The fraction of sp³-hybridized carbons (Fsp3) is 0.294. The fourth-order valence-electron chi connectivity index (χ4n) is 2.33. The van der Waals surface area contributed by atoms with Crippen LogP contribution in [0.4, 0.5) is 11.4 Å². The normalized spacial score (nSPS) is 14.0. The highest BCUT2D eigenvalue weighted by Gasteiger charge is 2.36. The van der Waals surface area contributed by atoms with Gasteiger partial charge < -0.3 is 10.1 Å². The Bertz CT molecular complexity index is 879. The van der Waals surface area contributed by atoms with Crippen LogP contribution in [0.1, 0.15) is 30.1 Å². The highest BCUT2D eigenvalue weighted by molar-refractivity contribution is 7.93. The van der Waals surface area contributed by atoms with Gasteiger partial charge in [-0.05, 0) is 38.0 Å². The number of carbonyl (C=O) groups excluding carboxylic acids is 1. The number of para-hydroxylation sites is 2. The number of pyridine rings is 1. The Morgan fingerprint density at radius 3 is 2.72 bits per heavy atom. The van der Waals surface area contributed by atoms with Crippen LogP contribution >= 0.6 is 0 Å². The number of rotatable bonds is 7. The molecule has 1 fully saturated rings. The van der Waals surface area contributed by atoms with E-state index in [0.29, 0.717) is 30.9 Å². The monoisotopic (exact) mass is 361 g/mol. The number of ether oxygens (including phenoxy) is 1. The topological polar surface area (TPSA) is 97.4 Å². The summed E-state index contributed by atoms with van der Waals surface area (Å²) in [4.78, 5) is 16.5. The van der Waals surface area contributed by atoms with Crippen LogP contribution in [-0.4, -0.2) is 31.2 Å². The van der Waals surface area contributed by atoms with Crippen molar-refractivity contribution in [2.24, 2.45) is 0 Å². The Hall–Kier alpha value is -2.61. The zero-order valence-corrected chi connectivity index (χ0v) is 14.5. The van der Waals surface area contributed by atoms with Gasteiger partial charge in [0.2, 0.25) is 10.0 Å². The summed E-state index contributed by atoms with van der Waals surface area (Å²) in [5, 5.41) is 2.37. The highest BCUT2D eigenvalue weighted by atomic mass is 32.2. The number of carbonyl (C=O) groups is 1. The number of amides is 1. The third-order valence-electron chi connectivity index (χ3n) is 3.72. The maximum atomic E-state index is 12.6. The van der Waals surface area contributed by atoms with Gasteiger partial charge in [-0.2, -0.15) is 0 Å². The van der Waals surface area contributed by atoms with Crippen LogP contribution < -0.4 is 14.8 Å². The maximum Gasteiger partial charge on any atom is 0.258 e. The first-order chi connectivity index (χ1) is 12.0. The molecule has 1 amide bonds. The molecule has 132 valence electrons. The summed E-state index contributed by atoms with van der Waals surface area (Å²) in [6.07, 6.45) is 4.05. The molecule has 0 bridgehead atoms. The van der Waals surface area contributed by atoms with E-state index < -0.39 is 15.9 Å². The smallest absolute Gasteiger partial charge is 0.258 e. The van der Waals surface area contributed by atoms with Crippen LogP contribution in [-0.2, 0) is 10.0 Å². The summed E-state index contributed by atoms with van der Waals surface area (Å²) < 4.78 is 32.2. The van der Waals surface area contributed by atoms with Crippen molar-refractivity contribution in [3.63, 3.8) is 0 Å². The van der Waals surface area contributed by atoms with Gasteiger partial charge in [0.15, 0.2) is 0 Å². The summed E-state index contributed by atoms with van der Waals surface area (Å²) in [5.74, 6) is 0.107. The van der Waals surface area contributed by atoms with Crippen molar-refractivity contribution in [1.29, 1.82) is 0 Å². The number of nitrogens with one attached hydrogen (secondary N) is 2. The first kappa shape index (κ1) is 17.2. The van der Waals surface area contributed by atoms with E-state index in [1.807, 2.05) is 13.0 Å². The molecule has 1 saturated carbocycles. The number of aromatic nitrogens is 1. The van der Waals surface area contributed by atoms with Crippen LogP contribution in [0.3, 0.4) is 0 Å². The van der Waals surface area contributed by atoms with E-state index in [-0.39, 0.29) is 16.5 Å². The summed E-state index contributed by atoms with van der Waals surface area (Å²) in [5.41, 5.74) is 0.883. The lowest BCUT2D eigenvalue weighted by atomic mass is 10.2. The number of nitrogens with zero attached hydrogens (tertiary/aromatic N) is 1. The Labute approximate surface area is 146 Å². The van der Waals surface area contributed by atoms with E-state index in [0.717, 1.165) is 0 Å². The van der Waals surface area contributed by atoms with Gasteiger partial charge >= 0.3 is 0 Å². The molecule has 0 radical (unpaired) electrons. The lowest BCUT2D eigenvalue weighted by Gasteiger charge is -2.14. The fourth-order valence-corrected chi connectivity index (χ4v) is 3.72. The molecule has 1 heterocycles. The Morgan fingerprint density at radius 1 is 1.24 bits per heavy atom. The van der Waals surface area contributed by atoms with Crippen molar-refractivity contribution in [2.75, 3.05) is 16.6 Å². The maximum absolute atomic E-state index is 12.6. The summed E-state index contributed by atoms with van der Waals surface area (Å²) in [6.45, 7) is 2.32. The summed E-state index contributed by atoms with van der Waals surface area (Å²) >= 11 is 0. The minimum absolute atomic E-state index is 0.167. The highest BCUT2D eigenvalue weighted by Crippen LogP contribution is 2.31. The second-order valence-corrected chi connectivity index (χ2v) is 7.61. The second-order valence-electron chi connectivity index (χ2n) is 5.65. The van der Waals surface area contributed by atoms with E-state index in [1.165, 1.54) is 18.5 Å². The molecule has 0 aliphatic heterocycles. The standard InChI is InChI=1S/C17H19N3O4S/c1-2-24-16-6-4-3-5-14(16)19-17(21)13-9-10-18-11-15(13)20-25(22,23)12-7-8-12/h3-6,9-12,20H,2,7-8H2,1H3,(H,19,21). The molecule has 1 aromatic carbocycles. The number of anilines is 2. The van der Waals surface area contributed by atoms with Gasteiger partial charge in [0.05, 0.1) is 35.0 Å². The molecule has 0 unspecified atom stereocenters. The predicted octanol–water partition coefficient (Wildman–Crippen LogP) is 2.64. The van der Waals surface area contributed by atoms with E-state index in [2.05, 4.69) is 15.0 Å². The van der Waals surface area contributed by atoms with Gasteiger partial charge in [0, 0.05) is 6.20 Å². The Balaban J connectivity index is 1.83. The molecule has 25 heavy (non-hydrogen) atoms. The minimum Gasteiger partial charge on any atom is -0.492 e. The van der Waals surface area contributed by atoms with Crippen molar-refractivity contribution in [1.82, 2.24) is 4.98 Å². The first-order valence-corrected chi connectivity index (χ1v) is 9.54. The van der Waals surface area contributed by atoms with Crippen molar-refractivity contribution >= 4 is 27.3 Å². The van der Waals surface area contributed by atoms with Gasteiger partial charge in [-0.3, -0.25) is 14.5 Å². The average molecular weight is 361 g/mol. The zero-order valence-electron chi connectivity index (χ0n) is 13.7. The molecule has 1 aromatic heterocycles. The quantitative estimate of drug-likeness (QED) is 0.790. The molecule has 0 spiro atoms. The van der Waals surface area contributed by atoms with Crippen LogP contribution in [0.15, 0.2) is 42.7 Å². The number of sulfonamides is 1. The average Bonchev–Trinajstić information content (AvgIpc) is 3.42. The van der Waals surface area contributed by atoms with Gasteiger partial charge in [-0.1, -0.05) is 12.1 Å². The van der Waals surface area contributed by atoms with E-state index in [4.69, 9.17) is 4.74 Å². The summed E-state index contributed by atoms with van der Waals surface area (Å²) in [7, 11) is -3.48. The third-order valence-corrected chi connectivity index (χ3v) is 5.57. The molecule has 1 aliphatic carbocycles. The number of benzene rings is 1. The summed E-state index contributed by atoms with van der Waals surface area (Å²) in [6, 6.07) is 8.54. The Morgan fingerprint density at radius 2 is 2.00 bits per heavy atom. The molecule has 2 aromatic rings. The Kier molecular flexibility index (Phi) is 4.89. The van der Waals surface area contributed by atoms with E-state index in [9.17, 15) is 13.2 Å². The largest absolute Gasteiger partial charge is 0.492 e. The lowest BCUT2D eigenvalue weighted by Crippen LogP contribution is -2.21. The van der Waals surface area contributed by atoms with Crippen LogP contribution in [0.5, 0.6) is 5.75 Å². The van der Waals surface area contributed by atoms with Gasteiger partial charge in [0.25, 0.3) is 5.91 Å². The van der Waals surface area contributed by atoms with Gasteiger partial charge in [-0.25, -0.2) is 8.42 Å². The predicted molar refractivity (Wildman–Crippen MR) is 95.4 cm³/mol. The first-order valence-electron chi connectivity index (χ1n) is 8.00. The third kappa shape index (κ3) is 4.08. The van der Waals surface area contributed by atoms with E-state index in [1.54, 1.807) is 18.2 Å². The van der Waals surface area contributed by atoms with Crippen LogP contribution in [0.25, 0.3) is 0 Å². The van der Waals surface area contributed by atoms with Gasteiger partial charge in [0.1, 0.15) is 5.75 Å². The number of hydrogen-bond donors (Lipinski definition) is 2. The molecular weight excluding hydrogens is 342 g/mol. The lowest BCUT2D eigenvalue weighted by molar-refractivity contribution is 0.102. The van der Waals surface area contributed by atoms with Crippen LogP contribution in [0, 0.1) is 0 Å². The van der Waals surface area contributed by atoms with Gasteiger partial charge in [-0.15, -0.1) is 0 Å². The second kappa shape index (κ2) is 7.10. The SMILES string of the molecule is CCOc1ccccc1NC(=O)c1ccncc1NS(=O)(=O)C1CC1. The molecule has 2 N–H and O–H groups in total. The minimum atomic E-state index is -3.48. The zero-order chi connectivity index (χ0) is 17.9. The van der Waals surface area contributed by atoms with Crippen molar-refractivity contribution in [3.05, 3.63) is 48.3 Å². The molecule has 1 aliphatic rings. The molecule has 3 rings (SSSR count). The number of hydrogen-bond acceptors (Lipinski definition) is 5. The van der Waals surface area contributed by atoms with Crippen LogP contribution in [0.2, 0.25) is 0 Å². The van der Waals surface area contributed by atoms with Crippen molar-refractivity contribution in [3.8, 4) is 5.75 Å². The molecule has 0 saturated heterocycles. The van der Waals surface area contributed by atoms with Crippen molar-refractivity contribution < 1.29 is 17.9 Å².